The fourth-order valence-electron chi connectivity index (χ4n) is 1.65. The van der Waals surface area contributed by atoms with Crippen LogP contribution in [0.25, 0.3) is 0 Å². The van der Waals surface area contributed by atoms with Gasteiger partial charge in [0, 0.05) is 5.69 Å². The zero-order valence-corrected chi connectivity index (χ0v) is 10.3. The van der Waals surface area contributed by atoms with E-state index in [1.807, 2.05) is 19.9 Å². The second kappa shape index (κ2) is 5.35. The average molecular weight is 232 g/mol. The van der Waals surface area contributed by atoms with E-state index in [1.54, 1.807) is 19.1 Å². The van der Waals surface area contributed by atoms with Crippen LogP contribution in [-0.4, -0.2) is 12.6 Å². The molecule has 1 atom stereocenters. The predicted molar refractivity (Wildman–Crippen MR) is 65.3 cm³/mol. The molecule has 1 unspecified atom stereocenters. The van der Waals surface area contributed by atoms with Gasteiger partial charge in [-0.1, -0.05) is 6.07 Å². The van der Waals surface area contributed by atoms with Crippen LogP contribution in [0.1, 0.15) is 29.5 Å². The summed E-state index contributed by atoms with van der Waals surface area (Å²) in [6.45, 7) is 5.70. The molecule has 1 aromatic carbocycles. The summed E-state index contributed by atoms with van der Waals surface area (Å²) in [6.07, 6.45) is 0. The number of hydrogen-bond acceptors (Lipinski definition) is 4. The van der Waals surface area contributed by atoms with Crippen molar-refractivity contribution in [3.63, 3.8) is 0 Å². The third-order valence-corrected chi connectivity index (χ3v) is 2.83. The first kappa shape index (κ1) is 13.0. The van der Waals surface area contributed by atoms with Crippen LogP contribution in [0.2, 0.25) is 0 Å². The molecule has 1 aromatic rings. The van der Waals surface area contributed by atoms with E-state index in [0.717, 1.165) is 11.1 Å². The summed E-state index contributed by atoms with van der Waals surface area (Å²) >= 11 is 0. The molecule has 4 heteroatoms. The lowest BCUT2D eigenvalue weighted by molar-refractivity contribution is -0.143. The molecular weight excluding hydrogens is 216 g/mol. The summed E-state index contributed by atoms with van der Waals surface area (Å²) in [5.74, 6) is -1.39. The molecule has 0 spiro atoms. The average Bonchev–Trinajstić information content (AvgIpc) is 2.30. The highest BCUT2D eigenvalue weighted by molar-refractivity contribution is 5.82. The van der Waals surface area contributed by atoms with E-state index in [2.05, 4.69) is 0 Å². The number of carbonyl (C=O) groups is 1. The maximum atomic E-state index is 11.6. The molecule has 0 aliphatic heterocycles. The quantitative estimate of drug-likeness (QED) is 0.639. The third kappa shape index (κ3) is 2.56. The molecule has 0 saturated carbocycles. The lowest BCUT2D eigenvalue weighted by atomic mass is 9.92. The summed E-state index contributed by atoms with van der Waals surface area (Å²) in [5.41, 5.74) is 8.85. The number of carbonyl (C=O) groups excluding carboxylic acids is 1. The Kier molecular flexibility index (Phi) is 4.11. The van der Waals surface area contributed by atoms with Crippen LogP contribution >= 0.6 is 0 Å². The SMILES string of the molecule is CCOC(=O)C(C#N)c1ccc(N)c(C)c1C. The zero-order chi connectivity index (χ0) is 13.0. The van der Waals surface area contributed by atoms with Crippen LogP contribution in [0, 0.1) is 25.2 Å². The Bertz CT molecular complexity index is 475. The van der Waals surface area contributed by atoms with Crippen LogP contribution in [0.4, 0.5) is 5.69 Å². The highest BCUT2D eigenvalue weighted by Crippen LogP contribution is 2.26. The maximum absolute atomic E-state index is 11.6. The van der Waals surface area contributed by atoms with Crippen molar-refractivity contribution in [3.8, 4) is 6.07 Å². The molecule has 1 rings (SSSR count). The van der Waals surface area contributed by atoms with Crippen molar-refractivity contribution < 1.29 is 9.53 Å². The van der Waals surface area contributed by atoms with Crippen molar-refractivity contribution in [2.45, 2.75) is 26.7 Å². The van der Waals surface area contributed by atoms with Crippen LogP contribution in [0.15, 0.2) is 12.1 Å². The van der Waals surface area contributed by atoms with E-state index in [0.29, 0.717) is 11.3 Å². The predicted octanol–water partition coefficient (Wildman–Crippen LogP) is 2.06. The van der Waals surface area contributed by atoms with Crippen LogP contribution in [-0.2, 0) is 9.53 Å². The van der Waals surface area contributed by atoms with E-state index in [4.69, 9.17) is 15.7 Å². The van der Waals surface area contributed by atoms with Gasteiger partial charge < -0.3 is 10.5 Å². The number of nitrogens with zero attached hydrogens (tertiary/aromatic N) is 1. The summed E-state index contributed by atoms with van der Waals surface area (Å²) in [6, 6.07) is 5.40. The van der Waals surface area contributed by atoms with Gasteiger partial charge in [0.25, 0.3) is 0 Å². The van der Waals surface area contributed by atoms with Gasteiger partial charge in [0.05, 0.1) is 12.7 Å². The minimum atomic E-state index is -0.880. The monoisotopic (exact) mass is 232 g/mol. The van der Waals surface area contributed by atoms with E-state index < -0.39 is 11.9 Å². The Morgan fingerprint density at radius 3 is 2.65 bits per heavy atom. The van der Waals surface area contributed by atoms with Gasteiger partial charge in [-0.15, -0.1) is 0 Å². The summed E-state index contributed by atoms with van der Waals surface area (Å²) < 4.78 is 4.88. The first-order chi connectivity index (χ1) is 8.02. The van der Waals surface area contributed by atoms with Crippen molar-refractivity contribution in [3.05, 3.63) is 28.8 Å². The first-order valence-electron chi connectivity index (χ1n) is 5.44. The van der Waals surface area contributed by atoms with Crippen LogP contribution in [0.5, 0.6) is 0 Å². The van der Waals surface area contributed by atoms with E-state index in [9.17, 15) is 4.79 Å². The molecular formula is C13H16N2O2. The largest absolute Gasteiger partial charge is 0.465 e. The van der Waals surface area contributed by atoms with Crippen molar-refractivity contribution in [2.75, 3.05) is 12.3 Å². The van der Waals surface area contributed by atoms with Gasteiger partial charge >= 0.3 is 5.97 Å². The highest BCUT2D eigenvalue weighted by atomic mass is 16.5. The second-order valence-electron chi connectivity index (χ2n) is 3.81. The lowest BCUT2D eigenvalue weighted by Gasteiger charge is -2.14. The summed E-state index contributed by atoms with van der Waals surface area (Å²) in [7, 11) is 0. The van der Waals surface area contributed by atoms with Crippen LogP contribution < -0.4 is 5.73 Å². The Morgan fingerprint density at radius 2 is 2.12 bits per heavy atom. The summed E-state index contributed by atoms with van der Waals surface area (Å²) in [4.78, 5) is 11.6. The minimum Gasteiger partial charge on any atom is -0.465 e. The van der Waals surface area contributed by atoms with Gasteiger partial charge in [-0.05, 0) is 43.5 Å². The molecule has 0 amide bonds. The topological polar surface area (TPSA) is 76.1 Å². The van der Waals surface area contributed by atoms with Gasteiger partial charge in [0.2, 0.25) is 0 Å². The van der Waals surface area contributed by atoms with Crippen molar-refractivity contribution in [1.82, 2.24) is 0 Å². The molecule has 4 nitrogen and oxygen atoms in total. The molecule has 0 radical (unpaired) electrons. The number of nitrogens with two attached hydrogens (primary N) is 1. The van der Waals surface area contributed by atoms with Crippen molar-refractivity contribution in [2.24, 2.45) is 0 Å². The number of benzene rings is 1. The smallest absolute Gasteiger partial charge is 0.327 e. The Morgan fingerprint density at radius 1 is 1.47 bits per heavy atom. The van der Waals surface area contributed by atoms with Crippen LogP contribution in [0.3, 0.4) is 0 Å². The molecule has 0 aliphatic carbocycles. The number of rotatable bonds is 3. The molecule has 90 valence electrons. The zero-order valence-electron chi connectivity index (χ0n) is 10.3. The Labute approximate surface area is 101 Å². The van der Waals surface area contributed by atoms with E-state index >= 15 is 0 Å². The fourth-order valence-corrected chi connectivity index (χ4v) is 1.65. The normalized spacial score (nSPS) is 11.6. The third-order valence-electron chi connectivity index (χ3n) is 2.83. The number of anilines is 1. The second-order valence-corrected chi connectivity index (χ2v) is 3.81. The molecule has 0 heterocycles. The molecule has 0 aliphatic rings. The lowest BCUT2D eigenvalue weighted by Crippen LogP contribution is -2.16. The molecule has 0 saturated heterocycles. The maximum Gasteiger partial charge on any atom is 0.327 e. The van der Waals surface area contributed by atoms with Gasteiger partial charge in [-0.25, -0.2) is 0 Å². The van der Waals surface area contributed by atoms with E-state index in [1.165, 1.54) is 0 Å². The molecule has 17 heavy (non-hydrogen) atoms. The molecule has 2 N–H and O–H groups in total. The van der Waals surface area contributed by atoms with Crippen molar-refractivity contribution in [1.29, 1.82) is 5.26 Å². The van der Waals surface area contributed by atoms with Gasteiger partial charge in [0.1, 0.15) is 0 Å². The number of nitriles is 1. The van der Waals surface area contributed by atoms with Gasteiger partial charge in [-0.3, -0.25) is 4.79 Å². The number of esters is 1. The molecule has 0 aromatic heterocycles. The highest BCUT2D eigenvalue weighted by Gasteiger charge is 2.24. The number of hydrogen-bond donors (Lipinski definition) is 1. The first-order valence-corrected chi connectivity index (χ1v) is 5.44. The Balaban J connectivity index is 3.19. The molecule has 0 bridgehead atoms. The number of ether oxygens (including phenoxy) is 1. The van der Waals surface area contributed by atoms with E-state index in [-0.39, 0.29) is 6.61 Å². The summed E-state index contributed by atoms with van der Waals surface area (Å²) in [5, 5.41) is 9.08. The molecule has 0 fully saturated rings. The fraction of sp³-hybridized carbons (Fsp3) is 0.385. The van der Waals surface area contributed by atoms with Gasteiger partial charge in [-0.2, -0.15) is 5.26 Å². The number of nitrogen functional groups attached to an aromatic ring is 1. The standard InChI is InChI=1S/C13H16N2O2/c1-4-17-13(16)11(7-14)10-5-6-12(15)9(3)8(10)2/h5-6,11H,4,15H2,1-3H3. The van der Waals surface area contributed by atoms with Crippen molar-refractivity contribution >= 4 is 11.7 Å². The Hall–Kier alpha value is -2.02. The minimum absolute atomic E-state index is 0.268. The van der Waals surface area contributed by atoms with Gasteiger partial charge in [0.15, 0.2) is 5.92 Å².